The highest BCUT2D eigenvalue weighted by molar-refractivity contribution is 14.1. The maximum Gasteiger partial charge on any atom is 0.119 e. The zero-order valence-corrected chi connectivity index (χ0v) is 21.5. The van der Waals surface area contributed by atoms with Crippen LogP contribution in [0.25, 0.3) is 0 Å². The number of rotatable bonds is 4. The van der Waals surface area contributed by atoms with E-state index in [4.69, 9.17) is 23.8 Å². The van der Waals surface area contributed by atoms with Gasteiger partial charge in [-0.15, -0.1) is 0 Å². The maximum absolute atomic E-state index is 8.75. The zero-order chi connectivity index (χ0) is 22.6. The fourth-order valence-electron chi connectivity index (χ4n) is 2.27. The Hall–Kier alpha value is -1.98. The van der Waals surface area contributed by atoms with Crippen LogP contribution >= 0.6 is 45.2 Å². The van der Waals surface area contributed by atoms with Crippen molar-refractivity contribution in [2.24, 2.45) is 0 Å². The van der Waals surface area contributed by atoms with Crippen LogP contribution in [0.4, 0.5) is 0 Å². The molecule has 7 heteroatoms. The van der Waals surface area contributed by atoms with Gasteiger partial charge in [0.25, 0.3) is 0 Å². The molecule has 2 aromatic heterocycles. The lowest BCUT2D eigenvalue weighted by Crippen LogP contribution is -1.95. The Kier molecular flexibility index (Phi) is 11.0. The summed E-state index contributed by atoms with van der Waals surface area (Å²) >= 11 is 4.46. The fraction of sp³-hybridized carbons (Fsp3) is 0.167. The van der Waals surface area contributed by atoms with Gasteiger partial charge in [0.15, 0.2) is 0 Å². The Morgan fingerprint density at radius 2 is 1.23 bits per heavy atom. The van der Waals surface area contributed by atoms with Gasteiger partial charge < -0.3 is 23.8 Å². The number of aliphatic hydroxyl groups is 1. The number of furan rings is 2. The van der Waals surface area contributed by atoms with Gasteiger partial charge in [-0.3, -0.25) is 0 Å². The molecular weight excluding hydrogens is 622 g/mol. The van der Waals surface area contributed by atoms with Crippen molar-refractivity contribution >= 4 is 45.2 Å². The number of ether oxygens (including phenoxy) is 1. The Morgan fingerprint density at radius 1 is 0.742 bits per heavy atom. The smallest absolute Gasteiger partial charge is 0.119 e. The van der Waals surface area contributed by atoms with Gasteiger partial charge in [-0.2, -0.15) is 0 Å². The van der Waals surface area contributed by atoms with E-state index in [1.54, 1.807) is 30.7 Å². The first-order valence-corrected chi connectivity index (χ1v) is 11.5. The largest absolute Gasteiger partial charge is 0.508 e. The third kappa shape index (κ3) is 9.36. The second-order valence-corrected chi connectivity index (χ2v) is 8.87. The van der Waals surface area contributed by atoms with Crippen molar-refractivity contribution in [2.45, 2.75) is 27.1 Å². The van der Waals surface area contributed by atoms with Crippen LogP contribution in [0.1, 0.15) is 22.6 Å². The number of hydrogen-bond acceptors (Lipinski definition) is 5. The third-order valence-corrected chi connectivity index (χ3v) is 5.58. The highest BCUT2D eigenvalue weighted by atomic mass is 127. The van der Waals surface area contributed by atoms with Gasteiger partial charge in [-0.05, 0) is 120 Å². The maximum atomic E-state index is 8.75. The predicted molar refractivity (Wildman–Crippen MR) is 137 cm³/mol. The highest BCUT2D eigenvalue weighted by Crippen LogP contribution is 2.17. The van der Waals surface area contributed by atoms with Gasteiger partial charge in [-0.25, -0.2) is 0 Å². The summed E-state index contributed by atoms with van der Waals surface area (Å²) in [5.74, 6) is 2.93. The molecule has 0 fully saturated rings. The summed E-state index contributed by atoms with van der Waals surface area (Å²) in [6, 6.07) is 18.7. The van der Waals surface area contributed by atoms with Crippen LogP contribution < -0.4 is 4.74 Å². The van der Waals surface area contributed by atoms with Crippen LogP contribution in [0.2, 0.25) is 0 Å². The molecule has 0 aliphatic rings. The van der Waals surface area contributed by atoms with Gasteiger partial charge in [0.2, 0.25) is 0 Å². The summed E-state index contributed by atoms with van der Waals surface area (Å²) < 4.78 is 18.1. The first-order valence-electron chi connectivity index (χ1n) is 9.38. The van der Waals surface area contributed by atoms with Crippen LogP contribution in [0.3, 0.4) is 0 Å². The molecule has 0 radical (unpaired) electrons. The number of phenols is 1. The van der Waals surface area contributed by atoms with Crippen molar-refractivity contribution in [1.82, 2.24) is 0 Å². The van der Waals surface area contributed by atoms with E-state index < -0.39 is 0 Å². The molecule has 0 atom stereocenters. The fourth-order valence-corrected chi connectivity index (χ4v) is 2.99. The van der Waals surface area contributed by atoms with Crippen molar-refractivity contribution < 1.29 is 23.8 Å². The average Bonchev–Trinajstić information content (AvgIpc) is 3.38. The van der Waals surface area contributed by atoms with E-state index in [0.29, 0.717) is 12.4 Å². The average molecular weight is 646 g/mol. The molecule has 0 bridgehead atoms. The normalized spacial score (nSPS) is 9.84. The predicted octanol–water partition coefficient (Wildman–Crippen LogP) is 6.85. The van der Waals surface area contributed by atoms with E-state index in [2.05, 4.69) is 45.2 Å². The lowest BCUT2D eigenvalue weighted by atomic mass is 10.3. The molecule has 31 heavy (non-hydrogen) atoms. The van der Waals surface area contributed by atoms with Gasteiger partial charge in [0.05, 0.1) is 19.1 Å². The summed E-state index contributed by atoms with van der Waals surface area (Å²) in [5, 5.41) is 17.3. The summed E-state index contributed by atoms with van der Waals surface area (Å²) in [6.45, 7) is 4.39. The molecule has 0 saturated carbocycles. The van der Waals surface area contributed by atoms with Crippen molar-refractivity contribution in [1.29, 1.82) is 0 Å². The standard InChI is InChI=1S/C12H11IO2.C6H5IO.C6H8O2/c1-9-10(6-7-14-9)8-15-12-4-2-11(13)3-5-12;7-5-1-3-6(8)4-2-5;1-5-6(4-7)2-3-8-5/h2-7H,8H2,1H3;1-4,8H;2-3,7H,4H2,1H3. The SMILES string of the molecule is Cc1occc1CO.Cc1occc1COc1ccc(I)cc1.Oc1ccc(I)cc1. The minimum absolute atomic E-state index is 0.0718. The molecule has 4 aromatic rings. The molecule has 0 amide bonds. The molecule has 2 heterocycles. The van der Waals surface area contributed by atoms with Gasteiger partial charge >= 0.3 is 0 Å². The van der Waals surface area contributed by atoms with E-state index in [1.165, 1.54) is 3.57 Å². The second kappa shape index (κ2) is 13.4. The molecule has 0 spiro atoms. The van der Waals surface area contributed by atoms with E-state index in [0.717, 1.165) is 32.0 Å². The van der Waals surface area contributed by atoms with Crippen molar-refractivity contribution in [3.63, 3.8) is 0 Å². The Bertz CT molecular complexity index is 1000. The van der Waals surface area contributed by atoms with Crippen LogP contribution in [-0.2, 0) is 13.2 Å². The van der Waals surface area contributed by atoms with E-state index >= 15 is 0 Å². The molecule has 4 rings (SSSR count). The van der Waals surface area contributed by atoms with Crippen LogP contribution in [-0.4, -0.2) is 10.2 Å². The van der Waals surface area contributed by atoms with Crippen molar-refractivity contribution in [3.05, 3.63) is 103 Å². The molecule has 0 unspecified atom stereocenters. The highest BCUT2D eigenvalue weighted by Gasteiger charge is 2.01. The number of benzene rings is 2. The molecule has 164 valence electrons. The molecule has 2 aromatic carbocycles. The first-order chi connectivity index (χ1) is 14.9. The number of halogens is 2. The molecule has 0 saturated heterocycles. The van der Waals surface area contributed by atoms with E-state index in [9.17, 15) is 0 Å². The molecular formula is C24H24I2O5. The number of aryl methyl sites for hydroxylation is 2. The summed E-state index contributed by atoms with van der Waals surface area (Å²) in [6.07, 6.45) is 3.25. The Balaban J connectivity index is 0.000000181. The monoisotopic (exact) mass is 646 g/mol. The van der Waals surface area contributed by atoms with E-state index in [-0.39, 0.29) is 6.61 Å². The summed E-state index contributed by atoms with van der Waals surface area (Å²) in [7, 11) is 0. The number of hydrogen-bond donors (Lipinski definition) is 2. The molecule has 0 aliphatic heterocycles. The van der Waals surface area contributed by atoms with Crippen molar-refractivity contribution in [2.75, 3.05) is 0 Å². The van der Waals surface area contributed by atoms with Gasteiger partial charge in [0, 0.05) is 18.3 Å². The quantitative estimate of drug-likeness (QED) is 0.238. The number of aliphatic hydroxyl groups excluding tert-OH is 1. The summed E-state index contributed by atoms with van der Waals surface area (Å²) in [5.41, 5.74) is 1.96. The zero-order valence-electron chi connectivity index (χ0n) is 17.2. The lowest BCUT2D eigenvalue weighted by Gasteiger charge is -2.04. The minimum Gasteiger partial charge on any atom is -0.508 e. The van der Waals surface area contributed by atoms with Crippen LogP contribution in [0, 0.1) is 21.0 Å². The Morgan fingerprint density at radius 3 is 1.61 bits per heavy atom. The minimum atomic E-state index is 0.0718. The Labute approximate surface area is 209 Å². The first kappa shape index (κ1) is 25.3. The van der Waals surface area contributed by atoms with Gasteiger partial charge in [-0.1, -0.05) is 0 Å². The number of aromatic hydroxyl groups is 1. The topological polar surface area (TPSA) is 76.0 Å². The van der Waals surface area contributed by atoms with E-state index in [1.807, 2.05) is 56.3 Å². The molecule has 0 aliphatic carbocycles. The molecule has 5 nitrogen and oxygen atoms in total. The summed E-state index contributed by atoms with van der Waals surface area (Å²) in [4.78, 5) is 0. The second-order valence-electron chi connectivity index (χ2n) is 6.38. The number of phenolic OH excluding ortho intramolecular Hbond substituents is 1. The molecule has 2 N–H and O–H groups in total. The third-order valence-electron chi connectivity index (χ3n) is 4.14. The van der Waals surface area contributed by atoms with Gasteiger partial charge in [0.1, 0.15) is 29.6 Å². The lowest BCUT2D eigenvalue weighted by molar-refractivity contribution is 0.279. The van der Waals surface area contributed by atoms with Crippen molar-refractivity contribution in [3.8, 4) is 11.5 Å². The van der Waals surface area contributed by atoms with Crippen LogP contribution in [0.5, 0.6) is 11.5 Å². The van der Waals surface area contributed by atoms with Crippen LogP contribution in [0.15, 0.2) is 82.0 Å².